The second kappa shape index (κ2) is 7.99. The minimum atomic E-state index is -0.467. The van der Waals surface area contributed by atoms with Crippen molar-refractivity contribution in [3.05, 3.63) is 53.5 Å². The predicted molar refractivity (Wildman–Crippen MR) is 117 cm³/mol. The summed E-state index contributed by atoms with van der Waals surface area (Å²) in [6.07, 6.45) is 5.48. The molecule has 0 amide bonds. The Morgan fingerprint density at radius 1 is 1.03 bits per heavy atom. The summed E-state index contributed by atoms with van der Waals surface area (Å²) >= 11 is 0. The number of aromatic nitrogens is 4. The van der Waals surface area contributed by atoms with E-state index in [1.165, 1.54) is 0 Å². The number of fused-ring (bicyclic) bond motifs is 1. The molecule has 0 fully saturated rings. The predicted octanol–water partition coefficient (Wildman–Crippen LogP) is 3.39. The number of hydrogen-bond acceptors (Lipinski definition) is 8. The van der Waals surface area contributed by atoms with Gasteiger partial charge in [0.2, 0.25) is 11.7 Å². The van der Waals surface area contributed by atoms with Crippen LogP contribution in [0, 0.1) is 0 Å². The first-order valence-corrected chi connectivity index (χ1v) is 10.3. The van der Waals surface area contributed by atoms with Crippen molar-refractivity contribution in [1.29, 1.82) is 0 Å². The average molecular weight is 433 g/mol. The first kappa shape index (κ1) is 20.0. The number of Topliss-reactive ketones (excluding diaryl/α,β-unsaturated/α-hetero) is 1. The molecule has 0 bridgehead atoms. The Morgan fingerprint density at radius 2 is 1.75 bits per heavy atom. The lowest BCUT2D eigenvalue weighted by molar-refractivity contribution is -0.116. The van der Waals surface area contributed by atoms with Gasteiger partial charge in [0.15, 0.2) is 23.1 Å². The quantitative estimate of drug-likeness (QED) is 0.654. The molecule has 1 N–H and O–H groups in total. The highest BCUT2D eigenvalue weighted by atomic mass is 16.5. The van der Waals surface area contributed by atoms with Crippen molar-refractivity contribution >= 4 is 11.7 Å². The number of allylic oxidation sites excluding steroid dienone is 2. The van der Waals surface area contributed by atoms with Crippen molar-refractivity contribution < 1.29 is 19.0 Å². The largest absolute Gasteiger partial charge is 0.493 e. The van der Waals surface area contributed by atoms with E-state index in [1.807, 2.05) is 24.3 Å². The first-order valence-electron chi connectivity index (χ1n) is 10.3. The van der Waals surface area contributed by atoms with Crippen LogP contribution in [0.1, 0.15) is 30.9 Å². The van der Waals surface area contributed by atoms with E-state index in [0.29, 0.717) is 41.0 Å². The van der Waals surface area contributed by atoms with Gasteiger partial charge in [-0.15, -0.1) is 5.10 Å². The van der Waals surface area contributed by atoms with Gasteiger partial charge < -0.3 is 19.5 Å². The fraction of sp³-hybridized carbons (Fsp3) is 0.304. The maximum Gasteiger partial charge on any atom is 0.226 e. The van der Waals surface area contributed by atoms with E-state index in [0.717, 1.165) is 29.7 Å². The fourth-order valence-corrected chi connectivity index (χ4v) is 4.35. The molecule has 5 rings (SSSR count). The van der Waals surface area contributed by atoms with Gasteiger partial charge in [-0.25, -0.2) is 4.68 Å². The molecule has 1 aromatic carbocycles. The average Bonchev–Trinajstić information content (AvgIpc) is 3.26. The monoisotopic (exact) mass is 433 g/mol. The third-order valence-electron chi connectivity index (χ3n) is 5.81. The summed E-state index contributed by atoms with van der Waals surface area (Å²) in [5.74, 6) is 2.77. The third-order valence-corrected chi connectivity index (χ3v) is 5.81. The van der Waals surface area contributed by atoms with Crippen molar-refractivity contribution in [1.82, 2.24) is 19.7 Å². The fourth-order valence-electron chi connectivity index (χ4n) is 4.35. The number of nitrogens with one attached hydrogen (secondary N) is 1. The number of anilines is 1. The lowest BCUT2D eigenvalue weighted by atomic mass is 9.85. The molecule has 0 saturated carbocycles. The van der Waals surface area contributed by atoms with Crippen LogP contribution in [-0.2, 0) is 4.79 Å². The zero-order chi connectivity index (χ0) is 22.2. The van der Waals surface area contributed by atoms with Crippen molar-refractivity contribution in [2.24, 2.45) is 0 Å². The number of rotatable bonds is 5. The van der Waals surface area contributed by atoms with Crippen LogP contribution in [-0.4, -0.2) is 46.9 Å². The Morgan fingerprint density at radius 3 is 2.41 bits per heavy atom. The van der Waals surface area contributed by atoms with Crippen LogP contribution in [0.4, 0.5) is 5.95 Å². The van der Waals surface area contributed by atoms with Crippen LogP contribution in [0.5, 0.6) is 17.2 Å². The SMILES string of the molecule is COc1cc([C@H]2C3=C(CCCC3=O)Nc3nc(-c4ccncc4)nn32)cc(OC)c1OC. The number of nitrogens with zero attached hydrogens (tertiary/aromatic N) is 4. The summed E-state index contributed by atoms with van der Waals surface area (Å²) in [5.41, 5.74) is 3.23. The molecule has 3 heterocycles. The number of benzene rings is 1. The number of ketones is 1. The molecule has 1 atom stereocenters. The van der Waals surface area contributed by atoms with E-state index >= 15 is 0 Å². The number of methoxy groups -OCH3 is 3. The molecule has 2 aliphatic rings. The summed E-state index contributed by atoms with van der Waals surface area (Å²) in [4.78, 5) is 21.9. The zero-order valence-electron chi connectivity index (χ0n) is 18.1. The van der Waals surface area contributed by atoms with E-state index in [4.69, 9.17) is 24.3 Å². The van der Waals surface area contributed by atoms with Crippen LogP contribution in [0.2, 0.25) is 0 Å². The van der Waals surface area contributed by atoms with Gasteiger partial charge in [0.25, 0.3) is 0 Å². The van der Waals surface area contributed by atoms with Gasteiger partial charge in [0.05, 0.1) is 21.3 Å². The first-order chi connectivity index (χ1) is 15.6. The van der Waals surface area contributed by atoms with Crippen molar-refractivity contribution in [2.75, 3.05) is 26.6 Å². The highest BCUT2D eigenvalue weighted by Crippen LogP contribution is 2.45. The molecule has 32 heavy (non-hydrogen) atoms. The number of carbonyl (C=O) groups is 1. The summed E-state index contributed by atoms with van der Waals surface area (Å²) in [5, 5.41) is 8.12. The molecule has 0 spiro atoms. The number of hydrogen-bond donors (Lipinski definition) is 1. The van der Waals surface area contributed by atoms with Crippen LogP contribution in [0.15, 0.2) is 47.9 Å². The molecule has 164 valence electrons. The molecular weight excluding hydrogens is 410 g/mol. The van der Waals surface area contributed by atoms with Crippen molar-refractivity contribution in [3.63, 3.8) is 0 Å². The maximum atomic E-state index is 13.1. The van der Waals surface area contributed by atoms with Gasteiger partial charge in [-0.05, 0) is 42.7 Å². The Kier molecular flexibility index (Phi) is 5.01. The second-order valence-electron chi connectivity index (χ2n) is 7.59. The van der Waals surface area contributed by atoms with E-state index < -0.39 is 6.04 Å². The van der Waals surface area contributed by atoms with Crippen LogP contribution < -0.4 is 19.5 Å². The van der Waals surface area contributed by atoms with Gasteiger partial charge >= 0.3 is 0 Å². The minimum Gasteiger partial charge on any atom is -0.493 e. The van der Waals surface area contributed by atoms with Crippen LogP contribution >= 0.6 is 0 Å². The van der Waals surface area contributed by atoms with E-state index in [9.17, 15) is 4.79 Å². The molecule has 3 aromatic rings. The smallest absolute Gasteiger partial charge is 0.226 e. The van der Waals surface area contributed by atoms with Gasteiger partial charge in [0.1, 0.15) is 6.04 Å². The highest BCUT2D eigenvalue weighted by molar-refractivity contribution is 5.99. The molecule has 1 aliphatic carbocycles. The van der Waals surface area contributed by atoms with E-state index in [1.54, 1.807) is 38.4 Å². The minimum absolute atomic E-state index is 0.101. The van der Waals surface area contributed by atoms with Gasteiger partial charge in [0, 0.05) is 35.6 Å². The second-order valence-corrected chi connectivity index (χ2v) is 7.59. The number of carbonyl (C=O) groups excluding carboxylic acids is 1. The molecule has 9 nitrogen and oxygen atoms in total. The van der Waals surface area contributed by atoms with Crippen molar-refractivity contribution in [3.8, 4) is 28.6 Å². The summed E-state index contributed by atoms with van der Waals surface area (Å²) in [7, 11) is 4.71. The van der Waals surface area contributed by atoms with Crippen molar-refractivity contribution in [2.45, 2.75) is 25.3 Å². The molecule has 9 heteroatoms. The maximum absolute atomic E-state index is 13.1. The lowest BCUT2D eigenvalue weighted by Gasteiger charge is -2.32. The standard InChI is InChI=1S/C23H23N5O4/c1-30-17-11-14(12-18(31-2)21(17)32-3)20-19-15(5-4-6-16(19)29)25-23-26-22(27-28(20)23)13-7-9-24-10-8-13/h7-12,20H,4-6H2,1-3H3,(H,25,26,27)/t20-/m0/s1. The van der Waals surface area contributed by atoms with Gasteiger partial charge in [-0.3, -0.25) is 9.78 Å². The molecule has 2 aromatic heterocycles. The van der Waals surface area contributed by atoms with E-state index in [2.05, 4.69) is 10.3 Å². The summed E-state index contributed by atoms with van der Waals surface area (Å²) < 4.78 is 18.4. The number of ether oxygens (including phenoxy) is 3. The molecular formula is C23H23N5O4. The third kappa shape index (κ3) is 3.17. The lowest BCUT2D eigenvalue weighted by Crippen LogP contribution is -2.31. The Balaban J connectivity index is 1.72. The number of pyridine rings is 1. The van der Waals surface area contributed by atoms with Gasteiger partial charge in [-0.2, -0.15) is 4.98 Å². The van der Waals surface area contributed by atoms with Gasteiger partial charge in [-0.1, -0.05) is 0 Å². The molecule has 1 aliphatic heterocycles. The Bertz CT molecular complexity index is 1190. The Hall–Kier alpha value is -3.88. The molecule has 0 unspecified atom stereocenters. The van der Waals surface area contributed by atoms with Crippen LogP contribution in [0.25, 0.3) is 11.4 Å². The molecule has 0 saturated heterocycles. The highest BCUT2D eigenvalue weighted by Gasteiger charge is 2.37. The molecule has 0 radical (unpaired) electrons. The summed E-state index contributed by atoms with van der Waals surface area (Å²) in [6.45, 7) is 0. The van der Waals surface area contributed by atoms with E-state index in [-0.39, 0.29) is 5.78 Å². The topological polar surface area (TPSA) is 100 Å². The normalized spacial score (nSPS) is 17.3. The Labute approximate surface area is 185 Å². The summed E-state index contributed by atoms with van der Waals surface area (Å²) in [6, 6.07) is 6.97. The van der Waals surface area contributed by atoms with Crippen LogP contribution in [0.3, 0.4) is 0 Å². The zero-order valence-corrected chi connectivity index (χ0v) is 18.1.